The van der Waals surface area contributed by atoms with Gasteiger partial charge in [-0.15, -0.1) is 11.3 Å². The molecule has 5 heteroatoms. The summed E-state index contributed by atoms with van der Waals surface area (Å²) < 4.78 is 0.587. The number of nitrogens with zero attached hydrogens (tertiary/aromatic N) is 1. The Kier molecular flexibility index (Phi) is 3.97. The minimum atomic E-state index is -0.0401. The highest BCUT2D eigenvalue weighted by atomic mass is 32.2. The van der Waals surface area contributed by atoms with Crippen molar-refractivity contribution in [3.05, 3.63) is 56.6 Å². The van der Waals surface area contributed by atoms with Gasteiger partial charge in [0.15, 0.2) is 4.32 Å². The smallest absolute Gasteiger partial charge is 0.268 e. The molecule has 3 rings (SSSR count). The SMILES string of the molecule is Cc1ccc(N2C(=O)/C(=C\c3sccc3C)SC2=S)cc1. The van der Waals surface area contributed by atoms with Crippen molar-refractivity contribution in [2.75, 3.05) is 4.90 Å². The van der Waals surface area contributed by atoms with Gasteiger partial charge < -0.3 is 0 Å². The van der Waals surface area contributed by atoms with E-state index in [4.69, 9.17) is 12.2 Å². The Balaban J connectivity index is 1.94. The fourth-order valence-corrected chi connectivity index (χ4v) is 4.25. The second kappa shape index (κ2) is 5.75. The molecule has 0 spiro atoms. The molecule has 1 fully saturated rings. The van der Waals surface area contributed by atoms with Crippen LogP contribution in [0.5, 0.6) is 0 Å². The maximum Gasteiger partial charge on any atom is 0.270 e. The number of benzene rings is 1. The van der Waals surface area contributed by atoms with Crippen molar-refractivity contribution in [1.82, 2.24) is 0 Å². The molecule has 2 aromatic rings. The number of anilines is 1. The number of hydrogen-bond acceptors (Lipinski definition) is 4. The molecule has 1 aliphatic heterocycles. The van der Waals surface area contributed by atoms with E-state index in [1.54, 1.807) is 16.2 Å². The summed E-state index contributed by atoms with van der Waals surface area (Å²) in [5.74, 6) is -0.0401. The number of carbonyl (C=O) groups is 1. The first-order valence-electron chi connectivity index (χ1n) is 6.45. The maximum atomic E-state index is 12.6. The lowest BCUT2D eigenvalue weighted by Gasteiger charge is -2.14. The summed E-state index contributed by atoms with van der Waals surface area (Å²) in [5, 5.41) is 2.03. The zero-order chi connectivity index (χ0) is 15.0. The largest absolute Gasteiger partial charge is 0.270 e. The van der Waals surface area contributed by atoms with Crippen LogP contribution in [0.3, 0.4) is 0 Å². The number of aryl methyl sites for hydroxylation is 2. The van der Waals surface area contributed by atoms with E-state index in [1.165, 1.54) is 17.3 Å². The Morgan fingerprint density at radius 1 is 1.14 bits per heavy atom. The Hall–Kier alpha value is -1.43. The molecule has 2 heterocycles. The van der Waals surface area contributed by atoms with E-state index in [0.29, 0.717) is 9.23 Å². The Morgan fingerprint density at radius 3 is 2.48 bits per heavy atom. The number of carbonyl (C=O) groups excluding carboxylic acids is 1. The molecular formula is C16H13NOS3. The molecule has 0 aliphatic carbocycles. The summed E-state index contributed by atoms with van der Waals surface area (Å²) >= 11 is 8.37. The predicted octanol–water partition coefficient (Wildman–Crippen LogP) is 4.77. The van der Waals surface area contributed by atoms with Gasteiger partial charge in [-0.05, 0) is 49.1 Å². The fourth-order valence-electron chi connectivity index (χ4n) is 2.04. The summed E-state index contributed by atoms with van der Waals surface area (Å²) in [6.45, 7) is 4.07. The first kappa shape index (κ1) is 14.5. The highest BCUT2D eigenvalue weighted by Crippen LogP contribution is 2.36. The van der Waals surface area contributed by atoms with Crippen LogP contribution in [0.1, 0.15) is 16.0 Å². The quantitative estimate of drug-likeness (QED) is 0.584. The van der Waals surface area contributed by atoms with E-state index < -0.39 is 0 Å². The highest BCUT2D eigenvalue weighted by Gasteiger charge is 2.33. The summed E-state index contributed by atoms with van der Waals surface area (Å²) in [6.07, 6.45) is 1.94. The van der Waals surface area contributed by atoms with E-state index in [1.807, 2.05) is 49.6 Å². The van der Waals surface area contributed by atoms with Crippen LogP contribution < -0.4 is 4.90 Å². The van der Waals surface area contributed by atoms with Crippen molar-refractivity contribution in [2.45, 2.75) is 13.8 Å². The highest BCUT2D eigenvalue weighted by molar-refractivity contribution is 8.27. The lowest BCUT2D eigenvalue weighted by molar-refractivity contribution is -0.113. The van der Waals surface area contributed by atoms with E-state index in [-0.39, 0.29) is 5.91 Å². The van der Waals surface area contributed by atoms with Crippen molar-refractivity contribution < 1.29 is 4.79 Å². The summed E-state index contributed by atoms with van der Waals surface area (Å²) in [6, 6.07) is 9.89. The predicted molar refractivity (Wildman–Crippen MR) is 95.9 cm³/mol. The molecule has 0 N–H and O–H groups in total. The molecule has 0 unspecified atom stereocenters. The van der Waals surface area contributed by atoms with Crippen molar-refractivity contribution in [3.63, 3.8) is 0 Å². The third kappa shape index (κ3) is 2.81. The van der Waals surface area contributed by atoms with Crippen molar-refractivity contribution >= 4 is 57.3 Å². The van der Waals surface area contributed by atoms with Gasteiger partial charge in [-0.2, -0.15) is 0 Å². The minimum Gasteiger partial charge on any atom is -0.268 e. The van der Waals surface area contributed by atoms with Gasteiger partial charge >= 0.3 is 0 Å². The molecule has 1 aromatic heterocycles. The second-order valence-electron chi connectivity index (χ2n) is 4.82. The van der Waals surface area contributed by atoms with Gasteiger partial charge in [0.05, 0.1) is 10.6 Å². The van der Waals surface area contributed by atoms with Crippen molar-refractivity contribution in [1.29, 1.82) is 0 Å². The molecule has 2 nitrogen and oxygen atoms in total. The maximum absolute atomic E-state index is 12.6. The first-order chi connectivity index (χ1) is 10.1. The summed E-state index contributed by atoms with van der Waals surface area (Å²) in [5.41, 5.74) is 3.17. The van der Waals surface area contributed by atoms with Crippen LogP contribution in [-0.2, 0) is 4.79 Å². The zero-order valence-electron chi connectivity index (χ0n) is 11.6. The number of thioether (sulfide) groups is 1. The molecule has 1 aromatic carbocycles. The van der Waals surface area contributed by atoms with Crippen LogP contribution in [0.4, 0.5) is 5.69 Å². The van der Waals surface area contributed by atoms with Gasteiger partial charge in [-0.25, -0.2) is 0 Å². The van der Waals surface area contributed by atoms with Crippen molar-refractivity contribution in [3.8, 4) is 0 Å². The van der Waals surface area contributed by atoms with Gasteiger partial charge in [0.2, 0.25) is 0 Å². The van der Waals surface area contributed by atoms with Crippen LogP contribution >= 0.6 is 35.3 Å². The van der Waals surface area contributed by atoms with Crippen LogP contribution in [0.2, 0.25) is 0 Å². The average Bonchev–Trinajstić information content (AvgIpc) is 2.97. The molecule has 106 valence electrons. The molecule has 0 saturated carbocycles. The van der Waals surface area contributed by atoms with Crippen LogP contribution in [0, 0.1) is 13.8 Å². The fraction of sp³-hybridized carbons (Fsp3) is 0.125. The molecule has 1 aliphatic rings. The lowest BCUT2D eigenvalue weighted by atomic mass is 10.2. The molecule has 1 saturated heterocycles. The van der Waals surface area contributed by atoms with Crippen LogP contribution in [0.25, 0.3) is 6.08 Å². The van der Waals surface area contributed by atoms with Crippen molar-refractivity contribution in [2.24, 2.45) is 0 Å². The van der Waals surface area contributed by atoms with Gasteiger partial charge in [-0.1, -0.05) is 41.7 Å². The Bertz CT molecular complexity index is 743. The molecular weight excluding hydrogens is 318 g/mol. The van der Waals surface area contributed by atoms with Gasteiger partial charge in [0, 0.05) is 4.88 Å². The van der Waals surface area contributed by atoms with E-state index >= 15 is 0 Å². The standard InChI is InChI=1S/C16H13NOS3/c1-10-3-5-12(6-4-10)17-15(18)14(21-16(17)19)9-13-11(2)7-8-20-13/h3-9H,1-2H3/b14-9+. The summed E-state index contributed by atoms with van der Waals surface area (Å²) in [4.78, 5) is 16.0. The third-order valence-corrected chi connectivity index (χ3v) is 5.52. The monoisotopic (exact) mass is 331 g/mol. The number of thiocarbonyl (C=S) groups is 1. The third-order valence-electron chi connectivity index (χ3n) is 3.25. The molecule has 0 atom stereocenters. The van der Waals surface area contributed by atoms with Gasteiger partial charge in [0.25, 0.3) is 5.91 Å². The van der Waals surface area contributed by atoms with Gasteiger partial charge in [0.1, 0.15) is 0 Å². The topological polar surface area (TPSA) is 20.3 Å². The second-order valence-corrected chi connectivity index (χ2v) is 7.44. The zero-order valence-corrected chi connectivity index (χ0v) is 14.1. The number of hydrogen-bond donors (Lipinski definition) is 0. The van der Waals surface area contributed by atoms with E-state index in [2.05, 4.69) is 6.07 Å². The number of thiophene rings is 1. The molecule has 0 radical (unpaired) electrons. The Morgan fingerprint density at radius 2 is 1.86 bits per heavy atom. The molecule has 1 amide bonds. The Labute approximate surface area is 137 Å². The normalized spacial score (nSPS) is 17.0. The van der Waals surface area contributed by atoms with Crippen LogP contribution in [-0.4, -0.2) is 10.2 Å². The lowest BCUT2D eigenvalue weighted by Crippen LogP contribution is -2.27. The number of amides is 1. The molecule has 0 bridgehead atoms. The summed E-state index contributed by atoms with van der Waals surface area (Å²) in [7, 11) is 0. The van der Waals surface area contributed by atoms with Gasteiger partial charge in [-0.3, -0.25) is 9.69 Å². The number of rotatable bonds is 2. The molecule has 21 heavy (non-hydrogen) atoms. The van der Waals surface area contributed by atoms with Crippen LogP contribution in [0.15, 0.2) is 40.6 Å². The first-order valence-corrected chi connectivity index (χ1v) is 8.55. The van der Waals surface area contributed by atoms with E-state index in [0.717, 1.165) is 16.1 Å². The van der Waals surface area contributed by atoms with E-state index in [9.17, 15) is 4.79 Å². The minimum absolute atomic E-state index is 0.0401. The average molecular weight is 331 g/mol.